The predicted octanol–water partition coefficient (Wildman–Crippen LogP) is 3.19. The summed E-state index contributed by atoms with van der Waals surface area (Å²) >= 11 is 0. The fraction of sp³-hybridized carbons (Fsp3) is 0.700. The SMILES string of the molecule is CC(C)(C)NCc1cccc(OCC(O)CN2CCCCCC2)c1. The van der Waals surface area contributed by atoms with Crippen LogP contribution in [0.4, 0.5) is 0 Å². The van der Waals surface area contributed by atoms with E-state index in [1.165, 1.54) is 31.2 Å². The summed E-state index contributed by atoms with van der Waals surface area (Å²) in [4.78, 5) is 2.37. The van der Waals surface area contributed by atoms with E-state index in [9.17, 15) is 5.11 Å². The molecule has 1 aromatic carbocycles. The number of aliphatic hydroxyl groups is 1. The maximum Gasteiger partial charge on any atom is 0.119 e. The van der Waals surface area contributed by atoms with E-state index in [-0.39, 0.29) is 5.54 Å². The standard InChI is InChI=1S/C20H34N2O2/c1-20(2,3)21-14-17-9-8-10-19(13-17)24-16-18(23)15-22-11-6-4-5-7-12-22/h8-10,13,18,21,23H,4-7,11-12,14-16H2,1-3H3. The Morgan fingerprint density at radius 3 is 2.54 bits per heavy atom. The van der Waals surface area contributed by atoms with Gasteiger partial charge in [0.1, 0.15) is 18.5 Å². The van der Waals surface area contributed by atoms with Crippen LogP contribution < -0.4 is 10.1 Å². The number of rotatable bonds is 7. The quantitative estimate of drug-likeness (QED) is 0.804. The molecule has 136 valence electrons. The van der Waals surface area contributed by atoms with Crippen LogP contribution in [0.2, 0.25) is 0 Å². The van der Waals surface area contributed by atoms with Crippen LogP contribution in [0.3, 0.4) is 0 Å². The topological polar surface area (TPSA) is 44.7 Å². The molecule has 24 heavy (non-hydrogen) atoms. The third-order valence-corrected chi connectivity index (χ3v) is 4.33. The second kappa shape index (κ2) is 9.40. The molecule has 1 atom stereocenters. The van der Waals surface area contributed by atoms with E-state index in [0.29, 0.717) is 13.2 Å². The van der Waals surface area contributed by atoms with E-state index < -0.39 is 6.10 Å². The second-order valence-corrected chi connectivity index (χ2v) is 7.93. The van der Waals surface area contributed by atoms with E-state index in [2.05, 4.69) is 43.1 Å². The predicted molar refractivity (Wildman–Crippen MR) is 99.4 cm³/mol. The van der Waals surface area contributed by atoms with Gasteiger partial charge in [0.15, 0.2) is 0 Å². The average molecular weight is 335 g/mol. The van der Waals surface area contributed by atoms with Gasteiger partial charge in [0.25, 0.3) is 0 Å². The first-order chi connectivity index (χ1) is 11.4. The number of benzene rings is 1. The Hall–Kier alpha value is -1.10. The van der Waals surface area contributed by atoms with Crippen LogP contribution in [0, 0.1) is 0 Å². The van der Waals surface area contributed by atoms with E-state index in [1.54, 1.807) is 0 Å². The molecule has 1 fully saturated rings. The van der Waals surface area contributed by atoms with Crippen LogP contribution in [-0.2, 0) is 6.54 Å². The summed E-state index contributed by atoms with van der Waals surface area (Å²) in [5.41, 5.74) is 1.30. The molecule has 1 aromatic rings. The van der Waals surface area contributed by atoms with Gasteiger partial charge in [-0.2, -0.15) is 0 Å². The Morgan fingerprint density at radius 2 is 1.88 bits per heavy atom. The normalized spacial score (nSPS) is 18.2. The molecule has 0 spiro atoms. The summed E-state index contributed by atoms with van der Waals surface area (Å²) in [6.45, 7) is 10.6. The highest BCUT2D eigenvalue weighted by Crippen LogP contribution is 2.15. The molecule has 1 aliphatic heterocycles. The van der Waals surface area contributed by atoms with E-state index in [1.807, 2.05) is 12.1 Å². The zero-order chi connectivity index (χ0) is 17.4. The van der Waals surface area contributed by atoms with Gasteiger partial charge >= 0.3 is 0 Å². The lowest BCUT2D eigenvalue weighted by molar-refractivity contribution is 0.0693. The van der Waals surface area contributed by atoms with E-state index >= 15 is 0 Å². The van der Waals surface area contributed by atoms with E-state index in [4.69, 9.17) is 4.74 Å². The van der Waals surface area contributed by atoms with Gasteiger partial charge in [-0.3, -0.25) is 0 Å². The Labute approximate surface area is 147 Å². The molecule has 0 radical (unpaired) electrons. The fourth-order valence-corrected chi connectivity index (χ4v) is 2.97. The first-order valence-electron chi connectivity index (χ1n) is 9.29. The zero-order valence-electron chi connectivity index (χ0n) is 15.6. The van der Waals surface area contributed by atoms with Gasteiger partial charge in [0, 0.05) is 18.6 Å². The minimum absolute atomic E-state index is 0.0974. The van der Waals surface area contributed by atoms with E-state index in [0.717, 1.165) is 25.4 Å². The summed E-state index contributed by atoms with van der Waals surface area (Å²) in [5, 5.41) is 13.7. The molecule has 4 nitrogen and oxygen atoms in total. The van der Waals surface area contributed by atoms with Crippen molar-refractivity contribution in [3.8, 4) is 5.75 Å². The molecule has 1 heterocycles. The summed E-state index contributed by atoms with van der Waals surface area (Å²) in [5.74, 6) is 0.832. The number of hydrogen-bond acceptors (Lipinski definition) is 4. The minimum Gasteiger partial charge on any atom is -0.491 e. The maximum absolute atomic E-state index is 10.3. The largest absolute Gasteiger partial charge is 0.491 e. The molecule has 1 unspecified atom stereocenters. The van der Waals surface area contributed by atoms with Gasteiger partial charge < -0.3 is 20.1 Å². The lowest BCUT2D eigenvalue weighted by Crippen LogP contribution is -2.36. The molecule has 0 aliphatic carbocycles. The monoisotopic (exact) mass is 334 g/mol. The van der Waals surface area contributed by atoms with Crippen molar-refractivity contribution in [2.24, 2.45) is 0 Å². The number of nitrogens with zero attached hydrogens (tertiary/aromatic N) is 1. The average Bonchev–Trinajstić information content (AvgIpc) is 2.79. The highest BCUT2D eigenvalue weighted by molar-refractivity contribution is 5.28. The van der Waals surface area contributed by atoms with Crippen LogP contribution in [0.15, 0.2) is 24.3 Å². The maximum atomic E-state index is 10.3. The van der Waals surface area contributed by atoms with Gasteiger partial charge in [-0.15, -0.1) is 0 Å². The highest BCUT2D eigenvalue weighted by Gasteiger charge is 2.14. The van der Waals surface area contributed by atoms with Crippen molar-refractivity contribution in [3.63, 3.8) is 0 Å². The number of nitrogens with one attached hydrogen (secondary N) is 1. The van der Waals surface area contributed by atoms with Gasteiger partial charge in [0.2, 0.25) is 0 Å². The Balaban J connectivity index is 1.76. The van der Waals surface area contributed by atoms with Crippen molar-refractivity contribution in [2.45, 2.75) is 64.6 Å². The van der Waals surface area contributed by atoms with Crippen molar-refractivity contribution < 1.29 is 9.84 Å². The first-order valence-corrected chi connectivity index (χ1v) is 9.29. The summed E-state index contributed by atoms with van der Waals surface area (Å²) in [7, 11) is 0. The van der Waals surface area contributed by atoms with Gasteiger partial charge in [-0.1, -0.05) is 25.0 Å². The van der Waals surface area contributed by atoms with Crippen molar-refractivity contribution >= 4 is 0 Å². The Kier molecular flexibility index (Phi) is 7.53. The van der Waals surface area contributed by atoms with Crippen molar-refractivity contribution in [3.05, 3.63) is 29.8 Å². The Bertz CT molecular complexity index is 477. The number of β-amino-alcohol motifs (C(OH)–C–C–N with tert-alkyl or cyclic N) is 1. The molecule has 0 amide bonds. The molecule has 0 bridgehead atoms. The first kappa shape index (κ1) is 19.2. The number of aliphatic hydroxyl groups excluding tert-OH is 1. The molecule has 0 saturated carbocycles. The van der Waals surface area contributed by atoms with Crippen molar-refractivity contribution in [1.82, 2.24) is 10.2 Å². The van der Waals surface area contributed by atoms with Crippen molar-refractivity contribution in [2.75, 3.05) is 26.2 Å². The van der Waals surface area contributed by atoms with Crippen LogP contribution in [-0.4, -0.2) is 47.9 Å². The molecule has 2 rings (SSSR count). The molecule has 0 aromatic heterocycles. The van der Waals surface area contributed by atoms with Crippen LogP contribution in [0.5, 0.6) is 5.75 Å². The molecule has 4 heteroatoms. The highest BCUT2D eigenvalue weighted by atomic mass is 16.5. The van der Waals surface area contributed by atoms with Crippen molar-refractivity contribution in [1.29, 1.82) is 0 Å². The fourth-order valence-electron chi connectivity index (χ4n) is 2.97. The van der Waals surface area contributed by atoms with Gasteiger partial charge in [-0.05, 0) is 64.4 Å². The number of hydrogen-bond donors (Lipinski definition) is 2. The Morgan fingerprint density at radius 1 is 1.17 bits per heavy atom. The summed E-state index contributed by atoms with van der Waals surface area (Å²) in [6.07, 6.45) is 4.70. The van der Waals surface area contributed by atoms with Crippen LogP contribution >= 0.6 is 0 Å². The summed E-state index contributed by atoms with van der Waals surface area (Å²) in [6, 6.07) is 8.12. The second-order valence-electron chi connectivity index (χ2n) is 7.93. The smallest absolute Gasteiger partial charge is 0.119 e. The third-order valence-electron chi connectivity index (χ3n) is 4.33. The molecule has 1 saturated heterocycles. The molecular weight excluding hydrogens is 300 g/mol. The number of likely N-dealkylation sites (tertiary alicyclic amines) is 1. The van der Waals surface area contributed by atoms with Crippen LogP contribution in [0.1, 0.15) is 52.0 Å². The zero-order valence-corrected chi connectivity index (χ0v) is 15.6. The minimum atomic E-state index is -0.431. The lowest BCUT2D eigenvalue weighted by atomic mass is 10.1. The number of ether oxygens (including phenoxy) is 1. The molecular formula is C20H34N2O2. The molecule has 2 N–H and O–H groups in total. The molecule has 1 aliphatic rings. The van der Waals surface area contributed by atoms with Gasteiger partial charge in [-0.25, -0.2) is 0 Å². The lowest BCUT2D eigenvalue weighted by Gasteiger charge is -2.23. The third kappa shape index (κ3) is 7.65. The van der Waals surface area contributed by atoms with Gasteiger partial charge in [0.05, 0.1) is 0 Å². The van der Waals surface area contributed by atoms with Crippen LogP contribution in [0.25, 0.3) is 0 Å². The summed E-state index contributed by atoms with van der Waals surface area (Å²) < 4.78 is 5.81.